The lowest BCUT2D eigenvalue weighted by molar-refractivity contribution is -0.167. The summed E-state index contributed by atoms with van der Waals surface area (Å²) in [6.45, 7) is 6.47. The molecule has 0 aliphatic heterocycles. The second-order valence-electron chi connectivity index (χ2n) is 22.4. The second kappa shape index (κ2) is 66.1. The number of hydrogen-bond donors (Lipinski definition) is 0. The molecule has 78 heavy (non-hydrogen) atoms. The van der Waals surface area contributed by atoms with Gasteiger partial charge in [-0.2, -0.15) is 0 Å². The predicted molar refractivity (Wildman–Crippen MR) is 339 cm³/mol. The Morgan fingerprint density at radius 3 is 0.808 bits per heavy atom. The fraction of sp³-hybridized carbons (Fsp3) is 0.764. The lowest BCUT2D eigenvalue weighted by atomic mass is 10.0. The van der Waals surface area contributed by atoms with Crippen LogP contribution in [0.3, 0.4) is 0 Å². The van der Waals surface area contributed by atoms with Gasteiger partial charge in [0.15, 0.2) is 6.10 Å². The zero-order valence-electron chi connectivity index (χ0n) is 51.7. The molecule has 0 aliphatic rings. The van der Waals surface area contributed by atoms with Crippen LogP contribution in [0.4, 0.5) is 0 Å². The fourth-order valence-corrected chi connectivity index (χ4v) is 9.62. The molecule has 0 fully saturated rings. The summed E-state index contributed by atoms with van der Waals surface area (Å²) in [5.41, 5.74) is 0. The smallest absolute Gasteiger partial charge is 0.306 e. The van der Waals surface area contributed by atoms with Gasteiger partial charge in [0.2, 0.25) is 0 Å². The summed E-state index contributed by atoms with van der Waals surface area (Å²) >= 11 is 0. The van der Waals surface area contributed by atoms with Gasteiger partial charge < -0.3 is 14.2 Å². The number of allylic oxidation sites excluding steroid dienone is 14. The molecule has 0 aromatic heterocycles. The predicted octanol–water partition coefficient (Wildman–Crippen LogP) is 23.1. The Balaban J connectivity index is 3.96. The van der Waals surface area contributed by atoms with Crippen molar-refractivity contribution in [2.45, 2.75) is 341 Å². The molecule has 0 rings (SSSR count). The van der Waals surface area contributed by atoms with E-state index in [0.717, 1.165) is 96.3 Å². The molecule has 6 heteroatoms. The van der Waals surface area contributed by atoms with Gasteiger partial charge >= 0.3 is 17.9 Å². The highest BCUT2D eigenvalue weighted by atomic mass is 16.6. The van der Waals surface area contributed by atoms with E-state index in [4.69, 9.17) is 14.2 Å². The van der Waals surface area contributed by atoms with Gasteiger partial charge in [-0.3, -0.25) is 14.4 Å². The number of unbranched alkanes of at least 4 members (excludes halogenated alkanes) is 36. The molecular weight excluding hydrogens is 961 g/mol. The molecule has 450 valence electrons. The van der Waals surface area contributed by atoms with E-state index in [-0.39, 0.29) is 31.1 Å². The second-order valence-corrected chi connectivity index (χ2v) is 22.4. The van der Waals surface area contributed by atoms with E-state index in [9.17, 15) is 14.4 Å². The van der Waals surface area contributed by atoms with Crippen molar-refractivity contribution < 1.29 is 28.6 Å². The number of carbonyl (C=O) groups is 3. The summed E-state index contributed by atoms with van der Waals surface area (Å²) in [5, 5.41) is 0. The lowest BCUT2D eigenvalue weighted by Crippen LogP contribution is -2.30. The third-order valence-corrected chi connectivity index (χ3v) is 14.6. The zero-order chi connectivity index (χ0) is 56.4. The van der Waals surface area contributed by atoms with Crippen molar-refractivity contribution >= 4 is 17.9 Å². The van der Waals surface area contributed by atoms with Crippen molar-refractivity contribution in [3.63, 3.8) is 0 Å². The molecular formula is C72H126O6. The summed E-state index contributed by atoms with van der Waals surface area (Å²) in [5.74, 6) is -0.873. The Kier molecular flexibility index (Phi) is 63.2. The van der Waals surface area contributed by atoms with E-state index in [2.05, 4.69) is 106 Å². The lowest BCUT2D eigenvalue weighted by Gasteiger charge is -2.18. The van der Waals surface area contributed by atoms with Crippen molar-refractivity contribution in [3.05, 3.63) is 85.1 Å². The Labute approximate surface area is 484 Å². The third-order valence-electron chi connectivity index (χ3n) is 14.6. The minimum atomic E-state index is -0.773. The summed E-state index contributed by atoms with van der Waals surface area (Å²) < 4.78 is 16.8. The van der Waals surface area contributed by atoms with Crippen LogP contribution in [0.2, 0.25) is 0 Å². The van der Waals surface area contributed by atoms with Crippen molar-refractivity contribution in [2.75, 3.05) is 13.2 Å². The summed E-state index contributed by atoms with van der Waals surface area (Å²) in [4.78, 5) is 38.0. The van der Waals surface area contributed by atoms with Crippen LogP contribution < -0.4 is 0 Å². The number of ether oxygens (including phenoxy) is 3. The Bertz CT molecular complexity index is 1480. The first kappa shape index (κ1) is 74.6. The maximum Gasteiger partial charge on any atom is 0.306 e. The Hall–Kier alpha value is -3.41. The van der Waals surface area contributed by atoms with Gasteiger partial charge in [-0.1, -0.05) is 305 Å². The maximum atomic E-state index is 12.8. The summed E-state index contributed by atoms with van der Waals surface area (Å²) in [7, 11) is 0. The van der Waals surface area contributed by atoms with Crippen molar-refractivity contribution in [1.29, 1.82) is 0 Å². The monoisotopic (exact) mass is 1090 g/mol. The average molecular weight is 1090 g/mol. The molecule has 0 saturated heterocycles. The van der Waals surface area contributed by atoms with E-state index in [1.165, 1.54) is 199 Å². The van der Waals surface area contributed by atoms with E-state index in [1.54, 1.807) is 0 Å². The zero-order valence-corrected chi connectivity index (χ0v) is 51.7. The van der Waals surface area contributed by atoms with E-state index in [1.807, 2.05) is 0 Å². The van der Waals surface area contributed by atoms with Gasteiger partial charge in [-0.25, -0.2) is 0 Å². The van der Waals surface area contributed by atoms with Crippen LogP contribution in [0.15, 0.2) is 85.1 Å². The molecule has 0 amide bonds. The molecule has 0 spiro atoms. The summed E-state index contributed by atoms with van der Waals surface area (Å²) in [6, 6.07) is 0. The van der Waals surface area contributed by atoms with Crippen LogP contribution in [-0.2, 0) is 28.6 Å². The fourth-order valence-electron chi connectivity index (χ4n) is 9.62. The van der Waals surface area contributed by atoms with Crippen LogP contribution >= 0.6 is 0 Å². The minimum absolute atomic E-state index is 0.0734. The SMILES string of the molecule is CC/C=C\C/C=C\C/C=C\C/C=C\C/C=C\CCCCCCCCCCCCCCCCCCCCCC(=O)OCC(COC(=O)CCCCCCCC)OC(=O)CCCCCCCCCCC/C=C\C/C=C\CCCCC. The highest BCUT2D eigenvalue weighted by Crippen LogP contribution is 2.17. The van der Waals surface area contributed by atoms with Gasteiger partial charge in [0, 0.05) is 19.3 Å². The van der Waals surface area contributed by atoms with Crippen LogP contribution in [0.5, 0.6) is 0 Å². The molecule has 0 saturated carbocycles. The van der Waals surface area contributed by atoms with Crippen LogP contribution in [-0.4, -0.2) is 37.2 Å². The molecule has 1 atom stereocenters. The topological polar surface area (TPSA) is 78.9 Å². The third kappa shape index (κ3) is 63.4. The number of hydrogen-bond acceptors (Lipinski definition) is 6. The van der Waals surface area contributed by atoms with Crippen LogP contribution in [0.1, 0.15) is 335 Å². The van der Waals surface area contributed by atoms with Crippen LogP contribution in [0.25, 0.3) is 0 Å². The van der Waals surface area contributed by atoms with Gasteiger partial charge in [0.25, 0.3) is 0 Å². The summed E-state index contributed by atoms with van der Waals surface area (Å²) in [6.07, 6.45) is 87.9. The first-order valence-electron chi connectivity index (χ1n) is 33.6. The highest BCUT2D eigenvalue weighted by molar-refractivity contribution is 5.71. The molecule has 1 unspecified atom stereocenters. The highest BCUT2D eigenvalue weighted by Gasteiger charge is 2.19. The van der Waals surface area contributed by atoms with Gasteiger partial charge in [0.1, 0.15) is 13.2 Å². The number of esters is 3. The average Bonchev–Trinajstić information content (AvgIpc) is 3.44. The van der Waals surface area contributed by atoms with Crippen molar-refractivity contribution in [1.82, 2.24) is 0 Å². The quantitative estimate of drug-likeness (QED) is 0.0261. The first-order chi connectivity index (χ1) is 38.5. The molecule has 0 aromatic rings. The van der Waals surface area contributed by atoms with Crippen molar-refractivity contribution in [2.24, 2.45) is 0 Å². The largest absolute Gasteiger partial charge is 0.462 e. The van der Waals surface area contributed by atoms with Crippen LogP contribution in [0, 0.1) is 0 Å². The van der Waals surface area contributed by atoms with E-state index >= 15 is 0 Å². The van der Waals surface area contributed by atoms with Crippen molar-refractivity contribution in [3.8, 4) is 0 Å². The Morgan fingerprint density at radius 2 is 0.500 bits per heavy atom. The van der Waals surface area contributed by atoms with E-state index in [0.29, 0.717) is 19.3 Å². The molecule has 0 N–H and O–H groups in total. The molecule has 0 aliphatic carbocycles. The Morgan fingerprint density at radius 1 is 0.269 bits per heavy atom. The molecule has 6 nitrogen and oxygen atoms in total. The van der Waals surface area contributed by atoms with Gasteiger partial charge in [0.05, 0.1) is 0 Å². The number of rotatable bonds is 61. The van der Waals surface area contributed by atoms with Gasteiger partial charge in [-0.05, 0) is 96.3 Å². The molecule has 0 aromatic carbocycles. The van der Waals surface area contributed by atoms with E-state index < -0.39 is 6.10 Å². The minimum Gasteiger partial charge on any atom is -0.462 e. The normalized spacial score (nSPS) is 12.6. The first-order valence-corrected chi connectivity index (χ1v) is 33.6. The number of carbonyl (C=O) groups excluding carboxylic acids is 3. The molecule has 0 bridgehead atoms. The van der Waals surface area contributed by atoms with Gasteiger partial charge in [-0.15, -0.1) is 0 Å². The standard InChI is InChI=1S/C72H126O6/c1-4-7-10-13-16-18-20-22-24-26-28-29-30-31-32-33-34-35-36-37-38-39-40-41-42-43-45-46-48-50-52-54-56-59-62-65-71(74)77-68-69(67-76-70(73)64-61-58-15-12-9-6-3)78-72(75)66-63-60-57-55-53-51-49-47-44-27-25-23-21-19-17-14-11-8-5-2/h7,10,16-19,22-25,28-29,31-32,69H,4-6,8-9,11-15,20-21,26-27,30,33-68H2,1-3H3/b10-7-,18-16-,19-17-,24-22-,25-23-,29-28-,32-31-. The molecule has 0 radical (unpaired) electrons. The molecule has 0 heterocycles. The maximum absolute atomic E-state index is 12.8.